The second-order valence-electron chi connectivity index (χ2n) is 4.74. The molecule has 0 saturated heterocycles. The maximum Gasteiger partial charge on any atom is 0.315 e. The molecule has 0 saturated carbocycles. The molecule has 0 aliphatic carbocycles. The quantitative estimate of drug-likeness (QED) is 0.720. The number of rotatable bonds is 7. The van der Waals surface area contributed by atoms with Gasteiger partial charge in [-0.3, -0.25) is 4.79 Å². The molecule has 0 unspecified atom stereocenters. The first kappa shape index (κ1) is 16.4. The normalized spacial score (nSPS) is 9.96. The van der Waals surface area contributed by atoms with E-state index in [0.717, 1.165) is 11.3 Å². The molecule has 7 heteroatoms. The third-order valence-electron chi connectivity index (χ3n) is 3.04. The van der Waals surface area contributed by atoms with Gasteiger partial charge in [0.2, 0.25) is 5.91 Å². The molecule has 0 fully saturated rings. The second-order valence-corrected chi connectivity index (χ2v) is 4.74. The van der Waals surface area contributed by atoms with E-state index in [4.69, 9.17) is 9.15 Å². The van der Waals surface area contributed by atoms with Crippen molar-refractivity contribution in [3.63, 3.8) is 0 Å². The molecule has 0 spiro atoms. The number of carbonyl (C=O) groups excluding carboxylic acids is 2. The number of hydrogen-bond donors (Lipinski definition) is 3. The number of carbonyl (C=O) groups is 2. The van der Waals surface area contributed by atoms with Gasteiger partial charge in [-0.1, -0.05) is 12.1 Å². The van der Waals surface area contributed by atoms with Crippen LogP contribution < -0.4 is 20.7 Å². The van der Waals surface area contributed by atoms with Crippen LogP contribution in [0.1, 0.15) is 11.3 Å². The van der Waals surface area contributed by atoms with E-state index in [1.807, 2.05) is 24.3 Å². The fraction of sp³-hybridized carbons (Fsp3) is 0.250. The zero-order valence-electron chi connectivity index (χ0n) is 12.8. The molecule has 2 rings (SSSR count). The van der Waals surface area contributed by atoms with Crippen molar-refractivity contribution < 1.29 is 18.7 Å². The Labute approximate surface area is 134 Å². The van der Waals surface area contributed by atoms with Crippen molar-refractivity contribution in [1.82, 2.24) is 16.0 Å². The molecule has 1 heterocycles. The summed E-state index contributed by atoms with van der Waals surface area (Å²) >= 11 is 0. The van der Waals surface area contributed by atoms with E-state index in [-0.39, 0.29) is 12.5 Å². The number of furan rings is 1. The van der Waals surface area contributed by atoms with Gasteiger partial charge in [0.05, 0.1) is 26.5 Å². The highest BCUT2D eigenvalue weighted by molar-refractivity contribution is 5.83. The number of amides is 3. The van der Waals surface area contributed by atoms with E-state index in [2.05, 4.69) is 16.0 Å². The van der Waals surface area contributed by atoms with Crippen molar-refractivity contribution in [3.05, 3.63) is 54.0 Å². The van der Waals surface area contributed by atoms with Crippen LogP contribution in [0.25, 0.3) is 0 Å². The second kappa shape index (κ2) is 8.47. The summed E-state index contributed by atoms with van der Waals surface area (Å²) in [5, 5.41) is 7.80. The first-order chi connectivity index (χ1) is 11.2. The molecule has 3 N–H and O–H groups in total. The Morgan fingerprint density at radius 3 is 2.70 bits per heavy atom. The van der Waals surface area contributed by atoms with Crippen LogP contribution in [0.2, 0.25) is 0 Å². The predicted molar refractivity (Wildman–Crippen MR) is 83.8 cm³/mol. The minimum absolute atomic E-state index is 0.106. The Kier molecular flexibility index (Phi) is 6.05. The topological polar surface area (TPSA) is 92.6 Å². The highest BCUT2D eigenvalue weighted by atomic mass is 16.5. The summed E-state index contributed by atoms with van der Waals surface area (Å²) in [6, 6.07) is 10.5. The molecule has 1 aromatic heterocycles. The maximum absolute atomic E-state index is 11.7. The van der Waals surface area contributed by atoms with Crippen LogP contribution in [0, 0.1) is 0 Å². The van der Waals surface area contributed by atoms with Crippen molar-refractivity contribution in [2.45, 2.75) is 13.1 Å². The number of urea groups is 1. The van der Waals surface area contributed by atoms with Gasteiger partial charge in [0.15, 0.2) is 0 Å². The van der Waals surface area contributed by atoms with E-state index < -0.39 is 6.03 Å². The number of hydrogen-bond acceptors (Lipinski definition) is 4. The van der Waals surface area contributed by atoms with Crippen molar-refractivity contribution in [3.8, 4) is 5.75 Å². The Morgan fingerprint density at radius 1 is 1.09 bits per heavy atom. The van der Waals surface area contributed by atoms with Crippen molar-refractivity contribution in [2.75, 3.05) is 13.7 Å². The number of methoxy groups -OCH3 is 1. The zero-order chi connectivity index (χ0) is 16.5. The van der Waals surface area contributed by atoms with Gasteiger partial charge in [-0.2, -0.15) is 0 Å². The fourth-order valence-corrected chi connectivity index (χ4v) is 1.85. The molecule has 3 amide bonds. The minimum Gasteiger partial charge on any atom is -0.497 e. The standard InChI is InChI=1S/C16H19N3O4/c1-22-13-5-2-4-12(8-13)9-18-16(21)19-11-15(20)17-10-14-6-3-7-23-14/h2-8H,9-11H2,1H3,(H,17,20)(H2,18,19,21). The van der Waals surface area contributed by atoms with Crippen molar-refractivity contribution in [1.29, 1.82) is 0 Å². The van der Waals surface area contributed by atoms with Gasteiger partial charge in [-0.05, 0) is 29.8 Å². The van der Waals surface area contributed by atoms with Gasteiger partial charge in [-0.25, -0.2) is 4.79 Å². The van der Waals surface area contributed by atoms with E-state index >= 15 is 0 Å². The van der Waals surface area contributed by atoms with Crippen LogP contribution in [0.3, 0.4) is 0 Å². The first-order valence-corrected chi connectivity index (χ1v) is 7.11. The molecule has 0 radical (unpaired) electrons. The predicted octanol–water partition coefficient (Wildman–Crippen LogP) is 1.40. The molecule has 1 aromatic carbocycles. The van der Waals surface area contributed by atoms with E-state index in [1.54, 1.807) is 19.2 Å². The molecule has 23 heavy (non-hydrogen) atoms. The highest BCUT2D eigenvalue weighted by Gasteiger charge is 2.06. The zero-order valence-corrected chi connectivity index (χ0v) is 12.8. The van der Waals surface area contributed by atoms with Crippen molar-refractivity contribution in [2.24, 2.45) is 0 Å². The third-order valence-corrected chi connectivity index (χ3v) is 3.04. The smallest absolute Gasteiger partial charge is 0.315 e. The lowest BCUT2D eigenvalue weighted by molar-refractivity contribution is -0.120. The fourth-order valence-electron chi connectivity index (χ4n) is 1.85. The van der Waals surface area contributed by atoms with E-state index in [9.17, 15) is 9.59 Å². The Balaban J connectivity index is 1.65. The summed E-state index contributed by atoms with van der Waals surface area (Å²) in [7, 11) is 1.58. The molecule has 0 aliphatic rings. The van der Waals surface area contributed by atoms with Gasteiger partial charge in [0, 0.05) is 6.54 Å². The molecular weight excluding hydrogens is 298 g/mol. The molecule has 0 atom stereocenters. The number of nitrogens with one attached hydrogen (secondary N) is 3. The lowest BCUT2D eigenvalue weighted by atomic mass is 10.2. The minimum atomic E-state index is -0.416. The summed E-state index contributed by atoms with van der Waals surface area (Å²) in [4.78, 5) is 23.2. The molecular formula is C16H19N3O4. The van der Waals surface area contributed by atoms with Gasteiger partial charge in [0.25, 0.3) is 0 Å². The van der Waals surface area contributed by atoms with Crippen LogP contribution >= 0.6 is 0 Å². The van der Waals surface area contributed by atoms with Gasteiger partial charge >= 0.3 is 6.03 Å². The van der Waals surface area contributed by atoms with E-state index in [1.165, 1.54) is 6.26 Å². The Bertz CT molecular complexity index is 641. The number of ether oxygens (including phenoxy) is 1. The molecule has 0 bridgehead atoms. The summed E-state index contributed by atoms with van der Waals surface area (Å²) < 4.78 is 10.2. The summed E-state index contributed by atoms with van der Waals surface area (Å²) in [5.41, 5.74) is 0.904. The number of benzene rings is 1. The Hall–Kier alpha value is -2.96. The summed E-state index contributed by atoms with van der Waals surface area (Å²) in [6.45, 7) is 0.528. The SMILES string of the molecule is COc1cccc(CNC(=O)NCC(=O)NCc2ccco2)c1. The molecule has 7 nitrogen and oxygen atoms in total. The monoisotopic (exact) mass is 317 g/mol. The van der Waals surface area contributed by atoms with Gasteiger partial charge in [0.1, 0.15) is 11.5 Å². The van der Waals surface area contributed by atoms with Gasteiger partial charge < -0.3 is 25.1 Å². The average Bonchev–Trinajstić information content (AvgIpc) is 3.10. The largest absolute Gasteiger partial charge is 0.497 e. The molecule has 0 aliphatic heterocycles. The van der Waals surface area contributed by atoms with Crippen LogP contribution in [0.15, 0.2) is 47.1 Å². The van der Waals surface area contributed by atoms with Crippen LogP contribution in [-0.4, -0.2) is 25.6 Å². The molecule has 122 valence electrons. The first-order valence-electron chi connectivity index (χ1n) is 7.11. The lowest BCUT2D eigenvalue weighted by Gasteiger charge is -2.09. The average molecular weight is 317 g/mol. The summed E-state index contributed by atoms with van der Waals surface area (Å²) in [6.07, 6.45) is 1.53. The summed E-state index contributed by atoms with van der Waals surface area (Å²) in [5.74, 6) is 1.08. The van der Waals surface area contributed by atoms with Crippen LogP contribution in [0.5, 0.6) is 5.75 Å². The lowest BCUT2D eigenvalue weighted by Crippen LogP contribution is -2.41. The highest BCUT2D eigenvalue weighted by Crippen LogP contribution is 2.11. The molecule has 2 aromatic rings. The van der Waals surface area contributed by atoms with Crippen LogP contribution in [-0.2, 0) is 17.9 Å². The third kappa shape index (κ3) is 5.74. The maximum atomic E-state index is 11.7. The van der Waals surface area contributed by atoms with Gasteiger partial charge in [-0.15, -0.1) is 0 Å². The van der Waals surface area contributed by atoms with Crippen molar-refractivity contribution >= 4 is 11.9 Å². The van der Waals surface area contributed by atoms with Crippen LogP contribution in [0.4, 0.5) is 4.79 Å². The van der Waals surface area contributed by atoms with E-state index in [0.29, 0.717) is 18.8 Å². The Morgan fingerprint density at radius 2 is 1.96 bits per heavy atom.